The van der Waals surface area contributed by atoms with E-state index in [0.717, 1.165) is 32.1 Å². The van der Waals surface area contributed by atoms with E-state index in [9.17, 15) is 9.90 Å². The Bertz CT molecular complexity index is 292. The molecular weight excluding hydrogens is 204 g/mol. The van der Waals surface area contributed by atoms with Gasteiger partial charge in [-0.3, -0.25) is 4.79 Å². The number of aliphatic hydroxyl groups is 1. The molecule has 1 N–H and O–H groups in total. The third kappa shape index (κ3) is 1.48. The van der Waals surface area contributed by atoms with Gasteiger partial charge in [-0.1, -0.05) is 13.8 Å². The summed E-state index contributed by atoms with van der Waals surface area (Å²) in [6.45, 7) is 4.24. The molecule has 0 amide bonds. The van der Waals surface area contributed by atoms with Crippen molar-refractivity contribution in [3.05, 3.63) is 0 Å². The van der Waals surface area contributed by atoms with Crippen LogP contribution >= 0.6 is 0 Å². The first kappa shape index (κ1) is 11.9. The maximum Gasteiger partial charge on any atom is 0.315 e. The zero-order valence-electron chi connectivity index (χ0n) is 10.5. The van der Waals surface area contributed by atoms with E-state index in [-0.39, 0.29) is 11.9 Å². The van der Waals surface area contributed by atoms with E-state index in [1.165, 1.54) is 7.11 Å². The minimum absolute atomic E-state index is 0.211. The highest BCUT2D eigenvalue weighted by Crippen LogP contribution is 2.63. The third-order valence-corrected chi connectivity index (χ3v) is 4.79. The van der Waals surface area contributed by atoms with Gasteiger partial charge in [-0.2, -0.15) is 0 Å². The van der Waals surface area contributed by atoms with E-state index in [4.69, 9.17) is 4.74 Å². The van der Waals surface area contributed by atoms with Crippen molar-refractivity contribution in [1.82, 2.24) is 0 Å². The van der Waals surface area contributed by atoms with Crippen LogP contribution in [0.25, 0.3) is 0 Å². The van der Waals surface area contributed by atoms with Gasteiger partial charge in [0.25, 0.3) is 0 Å². The van der Waals surface area contributed by atoms with E-state index in [0.29, 0.717) is 5.92 Å². The fourth-order valence-corrected chi connectivity index (χ4v) is 3.42. The summed E-state index contributed by atoms with van der Waals surface area (Å²) in [5, 5.41) is 10.8. The second kappa shape index (κ2) is 3.73. The Labute approximate surface area is 97.2 Å². The van der Waals surface area contributed by atoms with Crippen molar-refractivity contribution in [3.63, 3.8) is 0 Å². The SMILES string of the molecule is COC(=O)C1(C2(O)CCC(C)CC2)CC1C. The molecule has 0 spiro atoms. The first-order chi connectivity index (χ1) is 7.46. The molecule has 0 aromatic carbocycles. The first-order valence-electron chi connectivity index (χ1n) is 6.27. The van der Waals surface area contributed by atoms with Crippen LogP contribution in [-0.4, -0.2) is 23.8 Å². The monoisotopic (exact) mass is 226 g/mol. The average molecular weight is 226 g/mol. The van der Waals surface area contributed by atoms with Crippen LogP contribution in [0.2, 0.25) is 0 Å². The molecule has 2 saturated carbocycles. The molecule has 0 aromatic heterocycles. The summed E-state index contributed by atoms with van der Waals surface area (Å²) >= 11 is 0. The quantitative estimate of drug-likeness (QED) is 0.734. The predicted molar refractivity (Wildman–Crippen MR) is 60.8 cm³/mol. The molecule has 0 aromatic rings. The van der Waals surface area contributed by atoms with Crippen LogP contribution in [0.4, 0.5) is 0 Å². The summed E-state index contributed by atoms with van der Waals surface area (Å²) in [5.74, 6) is 0.722. The van der Waals surface area contributed by atoms with Crippen LogP contribution < -0.4 is 0 Å². The van der Waals surface area contributed by atoms with Gasteiger partial charge in [0.1, 0.15) is 0 Å². The molecule has 2 rings (SSSR count). The average Bonchev–Trinajstić information content (AvgIpc) is 2.96. The number of rotatable bonds is 2. The lowest BCUT2D eigenvalue weighted by molar-refractivity contribution is -0.165. The molecule has 0 bridgehead atoms. The predicted octanol–water partition coefficient (Wildman–Crippen LogP) is 2.13. The lowest BCUT2D eigenvalue weighted by Gasteiger charge is -2.40. The summed E-state index contributed by atoms with van der Waals surface area (Å²) in [4.78, 5) is 11.9. The van der Waals surface area contributed by atoms with Crippen molar-refractivity contribution in [3.8, 4) is 0 Å². The molecule has 0 heterocycles. The Kier molecular flexibility index (Phi) is 2.77. The molecule has 0 radical (unpaired) electrons. The third-order valence-electron chi connectivity index (χ3n) is 4.79. The molecule has 0 aliphatic heterocycles. The number of carbonyl (C=O) groups is 1. The topological polar surface area (TPSA) is 46.5 Å². The molecule has 92 valence electrons. The maximum atomic E-state index is 11.9. The van der Waals surface area contributed by atoms with Gasteiger partial charge in [0.15, 0.2) is 0 Å². The van der Waals surface area contributed by atoms with Gasteiger partial charge in [-0.25, -0.2) is 0 Å². The van der Waals surface area contributed by atoms with Crippen LogP contribution in [0.15, 0.2) is 0 Å². The highest BCUT2D eigenvalue weighted by molar-refractivity contribution is 5.82. The first-order valence-corrected chi connectivity index (χ1v) is 6.27. The Balaban J connectivity index is 2.19. The minimum atomic E-state index is -0.813. The molecule has 2 aliphatic rings. The minimum Gasteiger partial charge on any atom is -0.468 e. The van der Waals surface area contributed by atoms with Crippen molar-refractivity contribution < 1.29 is 14.6 Å². The van der Waals surface area contributed by atoms with Crippen LogP contribution in [0.1, 0.15) is 46.0 Å². The maximum absolute atomic E-state index is 11.9. The van der Waals surface area contributed by atoms with E-state index in [1.807, 2.05) is 6.92 Å². The summed E-state index contributed by atoms with van der Waals surface area (Å²) < 4.78 is 4.89. The van der Waals surface area contributed by atoms with Crippen LogP contribution in [0.5, 0.6) is 0 Å². The van der Waals surface area contributed by atoms with Crippen molar-refractivity contribution in [2.24, 2.45) is 17.3 Å². The number of methoxy groups -OCH3 is 1. The van der Waals surface area contributed by atoms with E-state index < -0.39 is 11.0 Å². The van der Waals surface area contributed by atoms with Gasteiger partial charge in [-0.15, -0.1) is 0 Å². The van der Waals surface area contributed by atoms with Crippen molar-refractivity contribution in [2.75, 3.05) is 7.11 Å². The molecule has 3 heteroatoms. The summed E-state index contributed by atoms with van der Waals surface area (Å²) in [6, 6.07) is 0. The van der Waals surface area contributed by atoms with Gasteiger partial charge < -0.3 is 9.84 Å². The van der Waals surface area contributed by atoms with Gasteiger partial charge in [0.05, 0.1) is 18.1 Å². The molecular formula is C13H22O3. The zero-order valence-corrected chi connectivity index (χ0v) is 10.5. The lowest BCUT2D eigenvalue weighted by atomic mass is 9.69. The second-order valence-corrected chi connectivity index (χ2v) is 5.78. The molecule has 16 heavy (non-hydrogen) atoms. The van der Waals surface area contributed by atoms with Gasteiger partial charge in [0.2, 0.25) is 0 Å². The Hall–Kier alpha value is -0.570. The van der Waals surface area contributed by atoms with Gasteiger partial charge in [0, 0.05) is 0 Å². The number of hydrogen-bond donors (Lipinski definition) is 1. The van der Waals surface area contributed by atoms with Crippen LogP contribution in [-0.2, 0) is 9.53 Å². The Morgan fingerprint density at radius 3 is 2.19 bits per heavy atom. The van der Waals surface area contributed by atoms with Gasteiger partial charge in [-0.05, 0) is 43.9 Å². The van der Waals surface area contributed by atoms with Crippen LogP contribution in [0.3, 0.4) is 0 Å². The number of carbonyl (C=O) groups excluding carboxylic acids is 1. The number of hydrogen-bond acceptors (Lipinski definition) is 3. The van der Waals surface area contributed by atoms with Crippen molar-refractivity contribution in [1.29, 1.82) is 0 Å². The summed E-state index contributed by atoms with van der Waals surface area (Å²) in [6.07, 6.45) is 4.30. The number of ether oxygens (including phenoxy) is 1. The molecule has 3 nitrogen and oxygen atoms in total. The van der Waals surface area contributed by atoms with Crippen LogP contribution in [0, 0.1) is 17.3 Å². The molecule has 2 fully saturated rings. The second-order valence-electron chi connectivity index (χ2n) is 5.78. The van der Waals surface area contributed by atoms with E-state index >= 15 is 0 Å². The van der Waals surface area contributed by atoms with E-state index in [2.05, 4.69) is 6.92 Å². The highest BCUT2D eigenvalue weighted by Gasteiger charge is 2.69. The van der Waals surface area contributed by atoms with Crippen molar-refractivity contribution >= 4 is 5.97 Å². The van der Waals surface area contributed by atoms with E-state index in [1.54, 1.807) is 0 Å². The smallest absolute Gasteiger partial charge is 0.315 e. The Morgan fingerprint density at radius 2 is 1.81 bits per heavy atom. The standard InChI is InChI=1S/C13H22O3/c1-9-4-6-12(15,7-5-9)13(8-10(13)2)11(14)16-3/h9-10,15H,4-8H2,1-3H3. The largest absolute Gasteiger partial charge is 0.468 e. The summed E-state index contributed by atoms with van der Waals surface area (Å²) in [7, 11) is 1.42. The van der Waals surface area contributed by atoms with Gasteiger partial charge >= 0.3 is 5.97 Å². The van der Waals surface area contributed by atoms with Crippen molar-refractivity contribution in [2.45, 2.75) is 51.6 Å². The molecule has 2 aliphatic carbocycles. The fraction of sp³-hybridized carbons (Fsp3) is 0.923. The molecule has 2 unspecified atom stereocenters. The summed E-state index contributed by atoms with van der Waals surface area (Å²) in [5.41, 5.74) is -1.41. The lowest BCUT2D eigenvalue weighted by Crippen LogP contribution is -2.48. The zero-order chi connectivity index (χ0) is 12.0. The highest BCUT2D eigenvalue weighted by atomic mass is 16.5. The number of esters is 1. The Morgan fingerprint density at radius 1 is 1.31 bits per heavy atom. The molecule has 0 saturated heterocycles. The fourth-order valence-electron chi connectivity index (χ4n) is 3.42. The normalized spacial score (nSPS) is 47.5. The molecule has 2 atom stereocenters.